The quantitative estimate of drug-likeness (QED) is 0.122. The van der Waals surface area contributed by atoms with E-state index in [1.54, 1.807) is 60.8 Å². The normalized spacial score (nSPS) is 12.4. The van der Waals surface area contributed by atoms with Gasteiger partial charge in [0.05, 0.1) is 5.39 Å². The number of carboxylic acids is 2. The van der Waals surface area contributed by atoms with Crippen molar-refractivity contribution >= 4 is 46.6 Å². The van der Waals surface area contributed by atoms with E-state index >= 15 is 0 Å². The number of hydrogen-bond donors (Lipinski definition) is 7. The number of aromatic nitrogens is 3. The molecular formula is C29H31N7O6. The summed E-state index contributed by atoms with van der Waals surface area (Å²) in [6.07, 6.45) is 2.63. The van der Waals surface area contributed by atoms with Gasteiger partial charge in [-0.05, 0) is 48.1 Å². The molecule has 13 nitrogen and oxygen atoms in total. The number of rotatable bonds is 13. The average Bonchev–Trinajstić information content (AvgIpc) is 3.37. The fourth-order valence-corrected chi connectivity index (χ4v) is 4.53. The number of nitrogens with zero attached hydrogens (tertiary/aromatic N) is 2. The third kappa shape index (κ3) is 7.59. The standard InChI is InChI=1S/C29H31N7O6/c30-24-23-19(15-32-25(23)36-29(31)35-24)11-8-16-6-9-18(10-7-16)26(38)34-20(27(39)40)12-13-22(37)33-21(28(41)42)14-17-4-2-1-3-5-17/h1-7,9-10,15,20-21H,8,11-14H2,(H,33,37)(H,34,38)(H,39,40)(H,41,42)(H5,30,31,32,35,36)/t20-,21-/m0/s1. The number of nitrogen functional groups attached to an aromatic ring is 2. The summed E-state index contributed by atoms with van der Waals surface area (Å²) in [6, 6.07) is 13.0. The van der Waals surface area contributed by atoms with Crippen LogP contribution >= 0.6 is 0 Å². The number of hydrogen-bond acceptors (Lipinski definition) is 8. The lowest BCUT2D eigenvalue weighted by molar-refractivity contribution is -0.142. The minimum atomic E-state index is -1.34. The van der Waals surface area contributed by atoms with Crippen molar-refractivity contribution in [3.63, 3.8) is 0 Å². The van der Waals surface area contributed by atoms with Gasteiger partial charge in [-0.15, -0.1) is 0 Å². The molecule has 0 saturated carbocycles. The van der Waals surface area contributed by atoms with Crippen LogP contribution in [0.1, 0.15) is 39.9 Å². The number of H-pyrrole nitrogens is 1. The summed E-state index contributed by atoms with van der Waals surface area (Å²) >= 11 is 0. The Labute approximate surface area is 240 Å². The number of fused-ring (bicyclic) bond motifs is 1. The SMILES string of the molecule is Nc1nc(N)c2c(CCc3ccc(C(=O)N[C@@H](CCC(=O)N[C@@H](Cc4ccccc4)C(=O)O)C(=O)O)cc3)c[nH]c2n1. The number of amides is 2. The molecule has 0 saturated heterocycles. The number of anilines is 2. The fraction of sp³-hybridized carbons (Fsp3) is 0.241. The summed E-state index contributed by atoms with van der Waals surface area (Å²) in [5, 5.41) is 24.6. The molecule has 4 rings (SSSR count). The molecular weight excluding hydrogens is 542 g/mol. The predicted molar refractivity (Wildman–Crippen MR) is 154 cm³/mol. The maximum absolute atomic E-state index is 12.7. The van der Waals surface area contributed by atoms with Crippen LogP contribution < -0.4 is 22.1 Å². The van der Waals surface area contributed by atoms with Gasteiger partial charge < -0.3 is 37.3 Å². The van der Waals surface area contributed by atoms with E-state index in [9.17, 15) is 29.4 Å². The minimum Gasteiger partial charge on any atom is -0.480 e. The Morgan fingerprint density at radius 2 is 1.52 bits per heavy atom. The zero-order chi connectivity index (χ0) is 30.2. The molecule has 0 aliphatic carbocycles. The monoisotopic (exact) mass is 573 g/mol. The Balaban J connectivity index is 1.29. The second-order valence-electron chi connectivity index (χ2n) is 9.75. The van der Waals surface area contributed by atoms with Crippen LogP contribution in [0.4, 0.5) is 11.8 Å². The van der Waals surface area contributed by atoms with Crippen LogP contribution in [0.15, 0.2) is 60.8 Å². The number of carboxylic acid groups (broad SMARTS) is 2. The predicted octanol–water partition coefficient (Wildman–Crippen LogP) is 1.68. The fourth-order valence-electron chi connectivity index (χ4n) is 4.53. The van der Waals surface area contributed by atoms with E-state index in [2.05, 4.69) is 25.6 Å². The van der Waals surface area contributed by atoms with Gasteiger partial charge in [0.2, 0.25) is 11.9 Å². The number of carbonyl (C=O) groups excluding carboxylic acids is 2. The highest BCUT2D eigenvalue weighted by Gasteiger charge is 2.24. The van der Waals surface area contributed by atoms with Crippen molar-refractivity contribution in [3.8, 4) is 0 Å². The lowest BCUT2D eigenvalue weighted by atomic mass is 10.0. The first-order valence-corrected chi connectivity index (χ1v) is 13.2. The molecule has 0 bridgehead atoms. The van der Waals surface area contributed by atoms with Crippen LogP contribution in [0, 0.1) is 0 Å². The van der Waals surface area contributed by atoms with Gasteiger partial charge in [0.15, 0.2) is 0 Å². The van der Waals surface area contributed by atoms with E-state index in [1.165, 1.54) is 0 Å². The van der Waals surface area contributed by atoms with Gasteiger partial charge in [-0.25, -0.2) is 9.59 Å². The van der Waals surface area contributed by atoms with Gasteiger partial charge in [-0.1, -0.05) is 42.5 Å². The molecule has 0 spiro atoms. The van der Waals surface area contributed by atoms with Crippen molar-refractivity contribution in [1.29, 1.82) is 0 Å². The number of nitrogens with one attached hydrogen (secondary N) is 3. The molecule has 0 aliphatic heterocycles. The molecule has 9 N–H and O–H groups in total. The molecule has 0 aliphatic rings. The molecule has 0 fully saturated rings. The zero-order valence-corrected chi connectivity index (χ0v) is 22.5. The molecule has 2 aromatic carbocycles. The summed E-state index contributed by atoms with van der Waals surface area (Å²) in [5.41, 5.74) is 15.0. The number of carbonyl (C=O) groups is 4. The molecule has 2 aromatic heterocycles. The van der Waals surface area contributed by atoms with Gasteiger partial charge >= 0.3 is 11.9 Å². The summed E-state index contributed by atoms with van der Waals surface area (Å²) in [7, 11) is 0. The maximum atomic E-state index is 12.7. The third-order valence-corrected chi connectivity index (χ3v) is 6.74. The van der Waals surface area contributed by atoms with E-state index in [-0.39, 0.29) is 30.8 Å². The maximum Gasteiger partial charge on any atom is 0.326 e. The smallest absolute Gasteiger partial charge is 0.326 e. The highest BCUT2D eigenvalue weighted by molar-refractivity contribution is 5.96. The Hall–Kier alpha value is -5.46. The topological polar surface area (TPSA) is 226 Å². The molecule has 2 heterocycles. The van der Waals surface area contributed by atoms with E-state index in [0.717, 1.165) is 16.7 Å². The number of benzene rings is 2. The Morgan fingerprint density at radius 3 is 2.19 bits per heavy atom. The summed E-state index contributed by atoms with van der Waals surface area (Å²) < 4.78 is 0. The number of nitrogens with two attached hydrogens (primary N) is 2. The van der Waals surface area contributed by atoms with E-state index < -0.39 is 35.8 Å². The van der Waals surface area contributed by atoms with Gasteiger partial charge in [0.1, 0.15) is 23.5 Å². The minimum absolute atomic E-state index is 0.0797. The van der Waals surface area contributed by atoms with Crippen LogP contribution in [0.5, 0.6) is 0 Å². The van der Waals surface area contributed by atoms with Crippen molar-refractivity contribution in [3.05, 3.63) is 83.0 Å². The largest absolute Gasteiger partial charge is 0.480 e. The van der Waals surface area contributed by atoms with Crippen LogP contribution in [0.25, 0.3) is 11.0 Å². The summed E-state index contributed by atoms with van der Waals surface area (Å²) in [5.74, 6) is -3.38. The number of aryl methyl sites for hydroxylation is 2. The Morgan fingerprint density at radius 1 is 0.833 bits per heavy atom. The Bertz CT molecular complexity index is 1590. The third-order valence-electron chi connectivity index (χ3n) is 6.74. The molecule has 42 heavy (non-hydrogen) atoms. The Kier molecular flexibility index (Phi) is 9.32. The van der Waals surface area contributed by atoms with Crippen molar-refractivity contribution in [2.24, 2.45) is 0 Å². The van der Waals surface area contributed by atoms with Gasteiger partial charge in [-0.3, -0.25) is 9.59 Å². The van der Waals surface area contributed by atoms with Crippen LogP contribution in [0.3, 0.4) is 0 Å². The van der Waals surface area contributed by atoms with Gasteiger partial charge in [0.25, 0.3) is 5.91 Å². The molecule has 4 aromatic rings. The highest BCUT2D eigenvalue weighted by atomic mass is 16.4. The molecule has 218 valence electrons. The van der Waals surface area contributed by atoms with Crippen LogP contribution in [-0.4, -0.2) is 61.0 Å². The first-order valence-electron chi connectivity index (χ1n) is 13.2. The van der Waals surface area contributed by atoms with Gasteiger partial charge in [-0.2, -0.15) is 9.97 Å². The van der Waals surface area contributed by atoms with E-state index in [1.807, 2.05) is 0 Å². The van der Waals surface area contributed by atoms with Crippen molar-refractivity contribution in [2.75, 3.05) is 11.5 Å². The first kappa shape index (κ1) is 29.5. The van der Waals surface area contributed by atoms with Crippen molar-refractivity contribution in [2.45, 2.75) is 44.2 Å². The lowest BCUT2D eigenvalue weighted by Crippen LogP contribution is -2.44. The second-order valence-corrected chi connectivity index (χ2v) is 9.75. The van der Waals surface area contributed by atoms with Crippen LogP contribution in [-0.2, 0) is 33.6 Å². The molecule has 2 atom stereocenters. The van der Waals surface area contributed by atoms with Crippen LogP contribution in [0.2, 0.25) is 0 Å². The molecule has 13 heteroatoms. The van der Waals surface area contributed by atoms with Crippen molar-refractivity contribution in [1.82, 2.24) is 25.6 Å². The summed E-state index contributed by atoms with van der Waals surface area (Å²) in [4.78, 5) is 59.7. The van der Waals surface area contributed by atoms with E-state index in [4.69, 9.17) is 11.5 Å². The number of aliphatic carboxylic acids is 2. The van der Waals surface area contributed by atoms with Gasteiger partial charge in [0, 0.05) is 24.6 Å². The van der Waals surface area contributed by atoms with Crippen molar-refractivity contribution < 1.29 is 29.4 Å². The zero-order valence-electron chi connectivity index (χ0n) is 22.5. The first-order chi connectivity index (χ1) is 20.1. The average molecular weight is 574 g/mol. The lowest BCUT2D eigenvalue weighted by Gasteiger charge is -2.17. The molecule has 2 amide bonds. The van der Waals surface area contributed by atoms with E-state index in [0.29, 0.717) is 29.7 Å². The number of aromatic amines is 1. The molecule has 0 radical (unpaired) electrons. The second kappa shape index (κ2) is 13.3. The molecule has 0 unspecified atom stereocenters. The highest BCUT2D eigenvalue weighted by Crippen LogP contribution is 2.24. The summed E-state index contributed by atoms with van der Waals surface area (Å²) in [6.45, 7) is 0.